The molecule has 0 fully saturated rings. The van der Waals surface area contributed by atoms with Crippen LogP contribution in [0.5, 0.6) is 0 Å². The lowest BCUT2D eigenvalue weighted by molar-refractivity contribution is -0.144. The van der Waals surface area contributed by atoms with Crippen molar-refractivity contribution in [3.05, 3.63) is 0 Å². The lowest BCUT2D eigenvalue weighted by Gasteiger charge is -2.24. The molecule has 4 atom stereocenters. The van der Waals surface area contributed by atoms with E-state index in [1.807, 2.05) is 0 Å². The molecule has 192 valence electrons. The summed E-state index contributed by atoms with van der Waals surface area (Å²) in [6.07, 6.45) is -2.49. The average molecular weight is 491 g/mol. The fourth-order valence-corrected chi connectivity index (χ4v) is 2.51. The minimum Gasteiger partial charge on any atom is -0.481 e. The second-order valence-electron chi connectivity index (χ2n) is 7.18. The van der Waals surface area contributed by atoms with Gasteiger partial charge in [-0.3, -0.25) is 28.8 Å². The predicted octanol–water partition coefficient (Wildman–Crippen LogP) is -4.16. The zero-order valence-electron chi connectivity index (χ0n) is 18.1. The van der Waals surface area contributed by atoms with E-state index in [0.29, 0.717) is 0 Å². The Morgan fingerprint density at radius 2 is 1.09 bits per heavy atom. The number of carboxylic acid groups (broad SMARTS) is 3. The van der Waals surface area contributed by atoms with Crippen LogP contribution in [0.15, 0.2) is 0 Å². The molecule has 4 amide bonds. The van der Waals surface area contributed by atoms with E-state index in [2.05, 4.69) is 16.0 Å². The Morgan fingerprint density at radius 3 is 1.56 bits per heavy atom. The molecule has 0 aromatic carbocycles. The number of aliphatic hydroxyl groups is 1. The maximum absolute atomic E-state index is 12.5. The van der Waals surface area contributed by atoms with Crippen LogP contribution in [0.4, 0.5) is 0 Å². The van der Waals surface area contributed by atoms with Crippen molar-refractivity contribution >= 4 is 41.5 Å². The number of nitrogens with two attached hydrogens (primary N) is 2. The molecule has 0 radical (unpaired) electrons. The Morgan fingerprint density at radius 1 is 0.647 bits per heavy atom. The number of aliphatic hydroxyl groups excluding tert-OH is 1. The van der Waals surface area contributed by atoms with Crippen molar-refractivity contribution in [1.82, 2.24) is 16.0 Å². The molecule has 0 aliphatic heterocycles. The van der Waals surface area contributed by atoms with E-state index in [9.17, 15) is 43.8 Å². The number of nitrogens with one attached hydrogen (secondary N) is 3. The van der Waals surface area contributed by atoms with Crippen molar-refractivity contribution in [2.45, 2.75) is 62.7 Å². The van der Waals surface area contributed by atoms with E-state index in [4.69, 9.17) is 21.7 Å². The first-order chi connectivity index (χ1) is 15.8. The smallest absolute Gasteiger partial charge is 0.326 e. The lowest BCUT2D eigenvalue weighted by Crippen LogP contribution is -2.58. The van der Waals surface area contributed by atoms with Crippen LogP contribution >= 0.6 is 0 Å². The number of hydrogen-bond acceptors (Lipinski definition) is 9. The van der Waals surface area contributed by atoms with Crippen LogP contribution in [-0.4, -0.2) is 92.7 Å². The Kier molecular flexibility index (Phi) is 13.4. The average Bonchev–Trinajstić information content (AvgIpc) is 2.74. The van der Waals surface area contributed by atoms with Crippen LogP contribution in [0.1, 0.15) is 38.5 Å². The van der Waals surface area contributed by atoms with E-state index in [-0.39, 0.29) is 12.8 Å². The maximum Gasteiger partial charge on any atom is 0.326 e. The standard InChI is InChI=1S/C18H29N5O11/c19-8(1-5-13(26)27)15(30)23-11(7-24)17(32)21-9(2-4-12(20)25)16(31)22-10(18(33)34)3-6-14(28)29/h8-11,24H,1-7,19H2,(H2,20,25)(H,21,32)(H,22,31)(H,23,30)(H,26,27)(H,28,29)(H,33,34). The van der Waals surface area contributed by atoms with Crippen LogP contribution in [0.2, 0.25) is 0 Å². The van der Waals surface area contributed by atoms with Gasteiger partial charge in [0.25, 0.3) is 0 Å². The molecule has 0 heterocycles. The van der Waals surface area contributed by atoms with Crippen molar-refractivity contribution < 1.29 is 54.0 Å². The van der Waals surface area contributed by atoms with Crippen molar-refractivity contribution in [1.29, 1.82) is 0 Å². The first-order valence-corrected chi connectivity index (χ1v) is 10.0. The van der Waals surface area contributed by atoms with E-state index >= 15 is 0 Å². The zero-order chi connectivity index (χ0) is 26.4. The van der Waals surface area contributed by atoms with Crippen LogP contribution in [0.3, 0.4) is 0 Å². The molecule has 34 heavy (non-hydrogen) atoms. The third-order valence-corrected chi connectivity index (χ3v) is 4.40. The van der Waals surface area contributed by atoms with Gasteiger partial charge in [-0.05, 0) is 19.3 Å². The number of amides is 4. The summed E-state index contributed by atoms with van der Waals surface area (Å²) in [4.78, 5) is 80.7. The van der Waals surface area contributed by atoms with Gasteiger partial charge in [-0.2, -0.15) is 0 Å². The molecular weight excluding hydrogens is 462 g/mol. The molecule has 11 N–H and O–H groups in total. The third kappa shape index (κ3) is 12.3. The van der Waals surface area contributed by atoms with Crippen molar-refractivity contribution in [2.24, 2.45) is 11.5 Å². The van der Waals surface area contributed by atoms with Crippen molar-refractivity contribution in [2.75, 3.05) is 6.61 Å². The summed E-state index contributed by atoms with van der Waals surface area (Å²) < 4.78 is 0. The van der Waals surface area contributed by atoms with Gasteiger partial charge in [0.2, 0.25) is 23.6 Å². The van der Waals surface area contributed by atoms with Crippen LogP contribution in [0, 0.1) is 0 Å². The largest absolute Gasteiger partial charge is 0.481 e. The van der Waals surface area contributed by atoms with Gasteiger partial charge in [-0.25, -0.2) is 4.79 Å². The molecule has 0 bridgehead atoms. The molecule has 0 aromatic heterocycles. The van der Waals surface area contributed by atoms with Crippen LogP contribution in [0.25, 0.3) is 0 Å². The molecule has 16 nitrogen and oxygen atoms in total. The van der Waals surface area contributed by atoms with Gasteiger partial charge in [0.05, 0.1) is 12.6 Å². The Labute approximate surface area is 193 Å². The van der Waals surface area contributed by atoms with Gasteiger partial charge in [0.1, 0.15) is 18.1 Å². The zero-order valence-corrected chi connectivity index (χ0v) is 18.1. The number of carbonyl (C=O) groups is 7. The second-order valence-corrected chi connectivity index (χ2v) is 7.18. The fourth-order valence-electron chi connectivity index (χ4n) is 2.51. The molecular formula is C18H29N5O11. The molecule has 0 saturated heterocycles. The molecule has 0 aliphatic carbocycles. The first-order valence-electron chi connectivity index (χ1n) is 10.0. The predicted molar refractivity (Wildman–Crippen MR) is 111 cm³/mol. The topological polar surface area (TPSA) is 289 Å². The van der Waals surface area contributed by atoms with E-state index in [0.717, 1.165) is 0 Å². The molecule has 0 aromatic rings. The second kappa shape index (κ2) is 15.1. The molecule has 0 aliphatic rings. The Bertz CT molecular complexity index is 788. The van der Waals surface area contributed by atoms with Gasteiger partial charge in [0.15, 0.2) is 0 Å². The number of hydrogen-bond donors (Lipinski definition) is 9. The number of primary amides is 1. The number of carboxylic acids is 3. The Balaban J connectivity index is 5.32. The third-order valence-electron chi connectivity index (χ3n) is 4.40. The molecule has 0 rings (SSSR count). The molecule has 0 saturated carbocycles. The van der Waals surface area contributed by atoms with Gasteiger partial charge in [-0.15, -0.1) is 0 Å². The lowest BCUT2D eigenvalue weighted by atomic mass is 10.1. The normalized spacial score (nSPS) is 14.1. The summed E-state index contributed by atoms with van der Waals surface area (Å²) in [5, 5.41) is 42.2. The number of aliphatic carboxylic acids is 3. The molecule has 4 unspecified atom stereocenters. The van der Waals surface area contributed by atoms with E-state index in [1.54, 1.807) is 0 Å². The van der Waals surface area contributed by atoms with Gasteiger partial charge >= 0.3 is 17.9 Å². The van der Waals surface area contributed by atoms with Crippen molar-refractivity contribution in [3.8, 4) is 0 Å². The monoisotopic (exact) mass is 491 g/mol. The molecule has 16 heteroatoms. The summed E-state index contributed by atoms with van der Waals surface area (Å²) in [5.41, 5.74) is 10.6. The van der Waals surface area contributed by atoms with E-state index in [1.165, 1.54) is 0 Å². The number of rotatable bonds is 17. The summed E-state index contributed by atoms with van der Waals surface area (Å²) in [6.45, 7) is -0.941. The summed E-state index contributed by atoms with van der Waals surface area (Å²) >= 11 is 0. The minimum atomic E-state index is -1.62. The fraction of sp³-hybridized carbons (Fsp3) is 0.611. The quantitative estimate of drug-likeness (QED) is 0.0936. The maximum atomic E-state index is 12.5. The van der Waals surface area contributed by atoms with Gasteiger partial charge < -0.3 is 47.8 Å². The van der Waals surface area contributed by atoms with Gasteiger partial charge in [0, 0.05) is 19.3 Å². The Hall–Kier alpha value is -3.79. The SMILES string of the molecule is NC(=O)CCC(NC(=O)C(CO)NC(=O)C(N)CCC(=O)O)C(=O)NC(CCC(=O)O)C(=O)O. The van der Waals surface area contributed by atoms with Gasteiger partial charge in [-0.1, -0.05) is 0 Å². The van der Waals surface area contributed by atoms with Crippen molar-refractivity contribution in [3.63, 3.8) is 0 Å². The van der Waals surface area contributed by atoms with Crippen LogP contribution < -0.4 is 27.4 Å². The first kappa shape index (κ1) is 30.2. The minimum absolute atomic E-state index is 0.252. The summed E-state index contributed by atoms with van der Waals surface area (Å²) in [6, 6.07) is -6.07. The van der Waals surface area contributed by atoms with Crippen LogP contribution in [-0.2, 0) is 33.6 Å². The highest BCUT2D eigenvalue weighted by atomic mass is 16.4. The highest BCUT2D eigenvalue weighted by Gasteiger charge is 2.30. The number of carbonyl (C=O) groups excluding carboxylic acids is 4. The van der Waals surface area contributed by atoms with E-state index < -0.39 is 98.0 Å². The highest BCUT2D eigenvalue weighted by Crippen LogP contribution is 2.04. The summed E-state index contributed by atoms with van der Waals surface area (Å²) in [7, 11) is 0. The molecule has 0 spiro atoms. The summed E-state index contributed by atoms with van der Waals surface area (Å²) in [5.74, 6) is -8.01. The highest BCUT2D eigenvalue weighted by molar-refractivity contribution is 5.94.